The van der Waals surface area contributed by atoms with Crippen LogP contribution in [-0.4, -0.2) is 54.9 Å². The van der Waals surface area contributed by atoms with Crippen LogP contribution in [-0.2, 0) is 0 Å². The van der Waals surface area contributed by atoms with Gasteiger partial charge in [0, 0.05) is 25.7 Å². The monoisotopic (exact) mass is 300 g/mol. The molecule has 1 saturated heterocycles. The molecule has 1 fully saturated rings. The fraction of sp³-hybridized carbons (Fsp3) is 0.692. The van der Waals surface area contributed by atoms with E-state index in [1.807, 2.05) is 12.3 Å². The number of rotatable bonds is 4. The SMILES string of the molecule is CSc1nc(Cl)cc(N2CCC(CN(C)C)CC2)n1. The average molecular weight is 301 g/mol. The Kier molecular flexibility index (Phi) is 5.30. The van der Waals surface area contributed by atoms with Crippen LogP contribution in [0.15, 0.2) is 11.2 Å². The molecule has 1 aliphatic rings. The van der Waals surface area contributed by atoms with Gasteiger partial charge in [-0.25, -0.2) is 9.97 Å². The van der Waals surface area contributed by atoms with E-state index in [0.717, 1.165) is 30.0 Å². The number of hydrogen-bond acceptors (Lipinski definition) is 5. The summed E-state index contributed by atoms with van der Waals surface area (Å²) in [6.45, 7) is 3.29. The summed E-state index contributed by atoms with van der Waals surface area (Å²) >= 11 is 7.58. The van der Waals surface area contributed by atoms with Crippen molar-refractivity contribution in [3.8, 4) is 0 Å². The molecule has 1 aromatic heterocycles. The summed E-state index contributed by atoms with van der Waals surface area (Å²) in [4.78, 5) is 13.3. The summed E-state index contributed by atoms with van der Waals surface area (Å²) in [5.41, 5.74) is 0. The smallest absolute Gasteiger partial charge is 0.190 e. The van der Waals surface area contributed by atoms with Gasteiger partial charge in [0.1, 0.15) is 11.0 Å². The van der Waals surface area contributed by atoms with E-state index in [1.165, 1.54) is 31.1 Å². The molecule has 1 aromatic rings. The van der Waals surface area contributed by atoms with Gasteiger partial charge in [0.15, 0.2) is 5.16 Å². The molecule has 0 saturated carbocycles. The van der Waals surface area contributed by atoms with Gasteiger partial charge in [0.2, 0.25) is 0 Å². The average Bonchev–Trinajstić information content (AvgIpc) is 2.38. The lowest BCUT2D eigenvalue weighted by Crippen LogP contribution is -2.37. The van der Waals surface area contributed by atoms with Crippen molar-refractivity contribution in [3.05, 3.63) is 11.2 Å². The van der Waals surface area contributed by atoms with E-state index >= 15 is 0 Å². The van der Waals surface area contributed by atoms with Crippen LogP contribution in [0.1, 0.15) is 12.8 Å². The number of hydrogen-bond donors (Lipinski definition) is 0. The molecule has 19 heavy (non-hydrogen) atoms. The number of halogens is 1. The Hall–Kier alpha value is -0.520. The first kappa shape index (κ1) is 14.9. The summed E-state index contributed by atoms with van der Waals surface area (Å²) < 4.78 is 0. The molecule has 0 N–H and O–H groups in total. The van der Waals surface area contributed by atoms with Gasteiger partial charge in [-0.1, -0.05) is 23.4 Å². The maximum absolute atomic E-state index is 6.05. The predicted octanol–water partition coefficient (Wildman–Crippen LogP) is 2.63. The number of nitrogens with zero attached hydrogens (tertiary/aromatic N) is 4. The Balaban J connectivity index is 1.99. The summed E-state index contributed by atoms with van der Waals surface area (Å²) in [5.74, 6) is 1.76. The lowest BCUT2D eigenvalue weighted by atomic mass is 9.96. The molecule has 0 amide bonds. The van der Waals surface area contributed by atoms with Gasteiger partial charge in [-0.3, -0.25) is 0 Å². The first-order chi connectivity index (χ1) is 9.08. The van der Waals surface area contributed by atoms with Gasteiger partial charge in [0.25, 0.3) is 0 Å². The topological polar surface area (TPSA) is 32.3 Å². The second kappa shape index (κ2) is 6.77. The molecule has 106 valence electrons. The lowest BCUT2D eigenvalue weighted by Gasteiger charge is -2.34. The highest BCUT2D eigenvalue weighted by Gasteiger charge is 2.21. The van der Waals surface area contributed by atoms with E-state index in [0.29, 0.717) is 5.15 Å². The molecule has 2 heterocycles. The normalized spacial score (nSPS) is 17.2. The molecule has 0 aromatic carbocycles. The zero-order valence-corrected chi connectivity index (χ0v) is 13.3. The van der Waals surface area contributed by atoms with E-state index in [9.17, 15) is 0 Å². The summed E-state index contributed by atoms with van der Waals surface area (Å²) in [6, 6.07) is 1.87. The molecule has 0 radical (unpaired) electrons. The van der Waals surface area contributed by atoms with Crippen molar-refractivity contribution < 1.29 is 0 Å². The van der Waals surface area contributed by atoms with E-state index in [4.69, 9.17) is 11.6 Å². The Bertz CT molecular complexity index is 419. The lowest BCUT2D eigenvalue weighted by molar-refractivity contribution is 0.284. The molecule has 0 bridgehead atoms. The summed E-state index contributed by atoms with van der Waals surface area (Å²) in [5, 5.41) is 1.28. The molecule has 4 nitrogen and oxygen atoms in total. The number of thioether (sulfide) groups is 1. The third-order valence-electron chi connectivity index (χ3n) is 3.41. The standard InChI is InChI=1S/C13H21ClN4S/c1-17(2)9-10-4-6-18(7-5-10)12-8-11(14)15-13(16-12)19-3/h8,10H,4-7,9H2,1-3H3. The van der Waals surface area contributed by atoms with Crippen LogP contribution in [0.5, 0.6) is 0 Å². The van der Waals surface area contributed by atoms with Crippen molar-refractivity contribution in [2.24, 2.45) is 5.92 Å². The summed E-state index contributed by atoms with van der Waals surface area (Å²) in [7, 11) is 4.28. The molecule has 0 aliphatic carbocycles. The Morgan fingerprint density at radius 3 is 2.63 bits per heavy atom. The number of piperidine rings is 1. The first-order valence-electron chi connectivity index (χ1n) is 6.56. The van der Waals surface area contributed by atoms with Crippen molar-refractivity contribution >= 4 is 29.2 Å². The molecule has 0 unspecified atom stereocenters. The molecule has 6 heteroatoms. The third-order valence-corrected chi connectivity index (χ3v) is 4.15. The molecule has 2 rings (SSSR count). The third kappa shape index (κ3) is 4.23. The number of aromatic nitrogens is 2. The van der Waals surface area contributed by atoms with Crippen molar-refractivity contribution in [1.29, 1.82) is 0 Å². The maximum atomic E-state index is 6.05. The van der Waals surface area contributed by atoms with Gasteiger partial charge in [-0.05, 0) is 39.1 Å². The zero-order chi connectivity index (χ0) is 13.8. The molecule has 0 spiro atoms. The van der Waals surface area contributed by atoms with E-state index in [-0.39, 0.29) is 0 Å². The highest BCUT2D eigenvalue weighted by atomic mass is 35.5. The Morgan fingerprint density at radius 2 is 2.05 bits per heavy atom. The van der Waals surface area contributed by atoms with E-state index in [2.05, 4.69) is 33.9 Å². The van der Waals surface area contributed by atoms with E-state index in [1.54, 1.807) is 0 Å². The number of anilines is 1. The first-order valence-corrected chi connectivity index (χ1v) is 8.17. The minimum atomic E-state index is 0.532. The highest BCUT2D eigenvalue weighted by molar-refractivity contribution is 7.98. The second-order valence-electron chi connectivity index (χ2n) is 5.23. The van der Waals surface area contributed by atoms with Crippen LogP contribution in [0.4, 0.5) is 5.82 Å². The molecule has 1 aliphatic heterocycles. The van der Waals surface area contributed by atoms with Gasteiger partial charge in [0.05, 0.1) is 0 Å². The van der Waals surface area contributed by atoms with Crippen molar-refractivity contribution in [2.75, 3.05) is 44.9 Å². The predicted molar refractivity (Wildman–Crippen MR) is 82.3 cm³/mol. The van der Waals surface area contributed by atoms with Gasteiger partial charge >= 0.3 is 0 Å². The maximum Gasteiger partial charge on any atom is 0.190 e. The quantitative estimate of drug-likeness (QED) is 0.485. The van der Waals surface area contributed by atoms with Gasteiger partial charge in [-0.2, -0.15) is 0 Å². The highest BCUT2D eigenvalue weighted by Crippen LogP contribution is 2.25. The van der Waals surface area contributed by atoms with Crippen LogP contribution in [0, 0.1) is 5.92 Å². The second-order valence-corrected chi connectivity index (χ2v) is 6.39. The fourth-order valence-electron chi connectivity index (χ4n) is 2.50. The Morgan fingerprint density at radius 1 is 1.37 bits per heavy atom. The minimum absolute atomic E-state index is 0.532. The Labute approximate surface area is 124 Å². The molecular weight excluding hydrogens is 280 g/mol. The zero-order valence-electron chi connectivity index (χ0n) is 11.8. The largest absolute Gasteiger partial charge is 0.356 e. The van der Waals surface area contributed by atoms with Gasteiger partial charge in [-0.15, -0.1) is 0 Å². The van der Waals surface area contributed by atoms with E-state index < -0.39 is 0 Å². The van der Waals surface area contributed by atoms with Crippen LogP contribution in [0.3, 0.4) is 0 Å². The van der Waals surface area contributed by atoms with Crippen molar-refractivity contribution in [2.45, 2.75) is 18.0 Å². The molecule has 0 atom stereocenters. The van der Waals surface area contributed by atoms with Crippen molar-refractivity contribution in [3.63, 3.8) is 0 Å². The summed E-state index contributed by atoms with van der Waals surface area (Å²) in [6.07, 6.45) is 4.40. The van der Waals surface area contributed by atoms with Crippen LogP contribution < -0.4 is 4.90 Å². The van der Waals surface area contributed by atoms with Crippen molar-refractivity contribution in [1.82, 2.24) is 14.9 Å². The van der Waals surface area contributed by atoms with Gasteiger partial charge < -0.3 is 9.80 Å². The van der Waals surface area contributed by atoms with Crippen LogP contribution in [0.25, 0.3) is 0 Å². The van der Waals surface area contributed by atoms with Crippen LogP contribution in [0.2, 0.25) is 5.15 Å². The minimum Gasteiger partial charge on any atom is -0.356 e. The molecular formula is C13H21ClN4S. The van der Waals surface area contributed by atoms with Crippen LogP contribution >= 0.6 is 23.4 Å². The fourth-order valence-corrected chi connectivity index (χ4v) is 3.10.